The lowest BCUT2D eigenvalue weighted by Gasteiger charge is -2.07. The second-order valence-corrected chi connectivity index (χ2v) is 2.40. The Bertz CT molecular complexity index is 296. The largest absolute Gasteiger partial charge is 0.295 e. The molecule has 0 spiro atoms. The molecule has 0 aliphatic heterocycles. The zero-order valence-corrected chi connectivity index (χ0v) is 6.56. The molecule has 1 rings (SSSR count). The summed E-state index contributed by atoms with van der Waals surface area (Å²) in [5, 5.41) is 17.2. The number of benzene rings is 1. The summed E-state index contributed by atoms with van der Waals surface area (Å²) in [6.45, 7) is 1.41. The molecule has 0 saturated carbocycles. The quantitative estimate of drug-likeness (QED) is 0.517. The van der Waals surface area contributed by atoms with Gasteiger partial charge in [-0.3, -0.25) is 15.2 Å². The molecular weight excluding hydrogens is 158 g/mol. The van der Waals surface area contributed by atoms with Crippen LogP contribution in [0.15, 0.2) is 24.3 Å². The minimum Gasteiger partial charge on any atom is -0.295 e. The molecule has 0 unspecified atom stereocenters. The van der Waals surface area contributed by atoms with Gasteiger partial charge in [0.25, 0.3) is 0 Å². The van der Waals surface area contributed by atoms with Crippen molar-refractivity contribution < 1.29 is 15.2 Å². The smallest absolute Gasteiger partial charge is 0.159 e. The Balaban J connectivity index is 3.04. The van der Waals surface area contributed by atoms with Gasteiger partial charge in [-0.15, -0.1) is 5.23 Å². The molecule has 4 nitrogen and oxygen atoms in total. The van der Waals surface area contributed by atoms with Crippen molar-refractivity contribution in [3.8, 4) is 0 Å². The molecule has 0 saturated heterocycles. The van der Waals surface area contributed by atoms with E-state index in [1.54, 1.807) is 12.1 Å². The number of nitrogens with zero attached hydrogens (tertiary/aromatic N) is 1. The van der Waals surface area contributed by atoms with Crippen molar-refractivity contribution in [2.45, 2.75) is 6.92 Å². The van der Waals surface area contributed by atoms with E-state index in [1.165, 1.54) is 19.1 Å². The van der Waals surface area contributed by atoms with Crippen LogP contribution in [0.3, 0.4) is 0 Å². The second-order valence-electron chi connectivity index (χ2n) is 2.40. The first-order valence-corrected chi connectivity index (χ1v) is 3.40. The summed E-state index contributed by atoms with van der Waals surface area (Å²) in [5.74, 6) is -0.112. The van der Waals surface area contributed by atoms with Crippen LogP contribution in [0.2, 0.25) is 0 Å². The fraction of sp³-hybridized carbons (Fsp3) is 0.125. The van der Waals surface area contributed by atoms with Crippen molar-refractivity contribution in [3.63, 3.8) is 0 Å². The van der Waals surface area contributed by atoms with Crippen LogP contribution in [-0.4, -0.2) is 16.2 Å². The molecule has 2 N–H and O–H groups in total. The van der Waals surface area contributed by atoms with Crippen molar-refractivity contribution >= 4 is 11.5 Å². The van der Waals surface area contributed by atoms with Crippen molar-refractivity contribution in [2.24, 2.45) is 0 Å². The summed E-state index contributed by atoms with van der Waals surface area (Å²) in [6, 6.07) is 6.05. The van der Waals surface area contributed by atoms with Crippen LogP contribution in [0.1, 0.15) is 17.3 Å². The molecule has 0 aliphatic rings. The normalized spacial score (nSPS) is 9.58. The first kappa shape index (κ1) is 8.70. The van der Waals surface area contributed by atoms with Gasteiger partial charge in [-0.25, -0.2) is 0 Å². The van der Waals surface area contributed by atoms with Gasteiger partial charge >= 0.3 is 0 Å². The highest BCUT2D eigenvalue weighted by Crippen LogP contribution is 2.12. The average molecular weight is 167 g/mol. The molecule has 0 aliphatic carbocycles. The van der Waals surface area contributed by atoms with Crippen molar-refractivity contribution in [3.05, 3.63) is 29.8 Å². The SMILES string of the molecule is CC(=O)c1cccc(N(O)O)c1. The molecule has 1 aromatic rings. The predicted molar refractivity (Wildman–Crippen MR) is 42.5 cm³/mol. The molecule has 0 fully saturated rings. The molecule has 1 aromatic carbocycles. The molecule has 0 bridgehead atoms. The maximum atomic E-state index is 10.8. The summed E-state index contributed by atoms with van der Waals surface area (Å²) in [5.41, 5.74) is 0.614. The van der Waals surface area contributed by atoms with E-state index in [9.17, 15) is 4.79 Å². The number of hydrogen-bond donors (Lipinski definition) is 2. The Morgan fingerprint density at radius 3 is 2.58 bits per heavy atom. The van der Waals surface area contributed by atoms with Gasteiger partial charge in [-0.05, 0) is 19.1 Å². The number of hydrogen-bond acceptors (Lipinski definition) is 4. The lowest BCUT2D eigenvalue weighted by Crippen LogP contribution is -2.11. The molecule has 64 valence electrons. The zero-order valence-electron chi connectivity index (χ0n) is 6.56. The molecule has 0 aromatic heterocycles. The highest BCUT2D eigenvalue weighted by atomic mass is 16.8. The number of anilines is 1. The first-order chi connectivity index (χ1) is 5.61. The Morgan fingerprint density at radius 1 is 1.42 bits per heavy atom. The number of carbonyl (C=O) groups excluding carboxylic acids is 1. The summed E-state index contributed by atoms with van der Waals surface area (Å²) < 4.78 is 0. The molecule has 4 heteroatoms. The molecule has 0 amide bonds. The first-order valence-electron chi connectivity index (χ1n) is 3.40. The summed E-state index contributed by atoms with van der Waals surface area (Å²) in [6.07, 6.45) is 0. The molecule has 0 heterocycles. The van der Waals surface area contributed by atoms with Gasteiger partial charge in [0, 0.05) is 5.56 Å². The third-order valence-corrected chi connectivity index (χ3v) is 1.48. The van der Waals surface area contributed by atoms with E-state index in [0.717, 1.165) is 0 Å². The van der Waals surface area contributed by atoms with E-state index in [1.807, 2.05) is 0 Å². The van der Waals surface area contributed by atoms with Gasteiger partial charge in [0.2, 0.25) is 0 Å². The number of carbonyl (C=O) groups is 1. The number of rotatable bonds is 2. The van der Waals surface area contributed by atoms with Gasteiger partial charge in [0.15, 0.2) is 5.78 Å². The molecule has 0 radical (unpaired) electrons. The van der Waals surface area contributed by atoms with Crippen LogP contribution in [0.25, 0.3) is 0 Å². The zero-order chi connectivity index (χ0) is 9.14. The van der Waals surface area contributed by atoms with Gasteiger partial charge in [0.05, 0.1) is 5.69 Å². The van der Waals surface area contributed by atoms with Crippen LogP contribution >= 0.6 is 0 Å². The Kier molecular flexibility index (Phi) is 2.42. The topological polar surface area (TPSA) is 60.8 Å². The van der Waals surface area contributed by atoms with E-state index < -0.39 is 0 Å². The Labute approximate surface area is 69.6 Å². The fourth-order valence-electron chi connectivity index (χ4n) is 0.849. The van der Waals surface area contributed by atoms with Crippen molar-refractivity contribution in [1.29, 1.82) is 0 Å². The Hall–Kier alpha value is -1.39. The van der Waals surface area contributed by atoms with E-state index >= 15 is 0 Å². The number of ketones is 1. The summed E-state index contributed by atoms with van der Waals surface area (Å²) in [4.78, 5) is 10.8. The molecule has 12 heavy (non-hydrogen) atoms. The molecular formula is C8H9NO3. The fourth-order valence-corrected chi connectivity index (χ4v) is 0.849. The molecule has 0 atom stereocenters. The summed E-state index contributed by atoms with van der Waals surface area (Å²) in [7, 11) is 0. The minimum absolute atomic E-state index is 0.0214. The Morgan fingerprint density at radius 2 is 2.08 bits per heavy atom. The summed E-state index contributed by atoms with van der Waals surface area (Å²) >= 11 is 0. The van der Waals surface area contributed by atoms with E-state index in [4.69, 9.17) is 10.4 Å². The van der Waals surface area contributed by atoms with E-state index in [2.05, 4.69) is 0 Å². The van der Waals surface area contributed by atoms with Crippen LogP contribution in [-0.2, 0) is 0 Å². The van der Waals surface area contributed by atoms with Crippen LogP contribution in [0, 0.1) is 0 Å². The lowest BCUT2D eigenvalue weighted by molar-refractivity contribution is 0.0291. The third kappa shape index (κ3) is 1.81. The number of Topliss-reactive ketones (excluding diaryl/α,β-unsaturated/α-hetero) is 1. The monoisotopic (exact) mass is 167 g/mol. The van der Waals surface area contributed by atoms with Crippen molar-refractivity contribution in [1.82, 2.24) is 0 Å². The van der Waals surface area contributed by atoms with Gasteiger partial charge in [0.1, 0.15) is 0 Å². The van der Waals surface area contributed by atoms with Gasteiger partial charge < -0.3 is 0 Å². The highest BCUT2D eigenvalue weighted by Gasteiger charge is 2.02. The minimum atomic E-state index is -0.112. The van der Waals surface area contributed by atoms with Crippen molar-refractivity contribution in [2.75, 3.05) is 5.23 Å². The lowest BCUT2D eigenvalue weighted by atomic mass is 10.1. The standard InChI is InChI=1S/C8H9NO3/c1-6(10)7-3-2-4-8(5-7)9(11)12/h2-5,11-12H,1H3. The third-order valence-electron chi connectivity index (χ3n) is 1.48. The van der Waals surface area contributed by atoms with Gasteiger partial charge in [-0.1, -0.05) is 12.1 Å². The average Bonchev–Trinajstić information content (AvgIpc) is 2.04. The van der Waals surface area contributed by atoms with Crippen LogP contribution in [0.5, 0.6) is 0 Å². The van der Waals surface area contributed by atoms with E-state index in [0.29, 0.717) is 5.56 Å². The maximum Gasteiger partial charge on any atom is 0.159 e. The van der Waals surface area contributed by atoms with Crippen LogP contribution < -0.4 is 5.23 Å². The second kappa shape index (κ2) is 3.34. The van der Waals surface area contributed by atoms with E-state index in [-0.39, 0.29) is 16.7 Å². The van der Waals surface area contributed by atoms with Crippen LogP contribution in [0.4, 0.5) is 5.69 Å². The predicted octanol–water partition coefficient (Wildman–Crippen LogP) is 1.47. The van der Waals surface area contributed by atoms with Gasteiger partial charge in [-0.2, -0.15) is 0 Å². The maximum absolute atomic E-state index is 10.8. The highest BCUT2D eigenvalue weighted by molar-refractivity contribution is 5.94.